The van der Waals surface area contributed by atoms with Crippen LogP contribution in [0, 0.1) is 0 Å². The van der Waals surface area contributed by atoms with E-state index in [0.29, 0.717) is 6.42 Å². The fourth-order valence-corrected chi connectivity index (χ4v) is 1.12. The standard InChI is InChI=1S/C5H8N2OS/c6-5(8)1-4-2-9-3-7-4/h2-3,5,8H,1,6H2. The van der Waals surface area contributed by atoms with Crippen molar-refractivity contribution in [1.82, 2.24) is 4.98 Å². The Bertz CT molecular complexity index is 161. The van der Waals surface area contributed by atoms with Gasteiger partial charge in [-0.1, -0.05) is 0 Å². The molecule has 4 heteroatoms. The highest BCUT2D eigenvalue weighted by atomic mass is 32.1. The molecule has 1 aromatic heterocycles. The highest BCUT2D eigenvalue weighted by Gasteiger charge is 1.98. The van der Waals surface area contributed by atoms with Gasteiger partial charge in [0, 0.05) is 11.8 Å². The van der Waals surface area contributed by atoms with Crippen molar-refractivity contribution >= 4 is 11.3 Å². The van der Waals surface area contributed by atoms with Crippen LogP contribution < -0.4 is 5.73 Å². The van der Waals surface area contributed by atoms with Crippen LogP contribution in [-0.4, -0.2) is 16.3 Å². The topological polar surface area (TPSA) is 59.1 Å². The minimum Gasteiger partial charge on any atom is -0.378 e. The quantitative estimate of drug-likeness (QED) is 0.573. The van der Waals surface area contributed by atoms with Gasteiger partial charge in [-0.05, 0) is 0 Å². The van der Waals surface area contributed by atoms with Crippen molar-refractivity contribution in [2.45, 2.75) is 12.6 Å². The predicted octanol–water partition coefficient (Wildman–Crippen LogP) is -0.0373. The average molecular weight is 144 g/mol. The van der Waals surface area contributed by atoms with E-state index < -0.39 is 6.23 Å². The summed E-state index contributed by atoms with van der Waals surface area (Å²) < 4.78 is 0. The summed E-state index contributed by atoms with van der Waals surface area (Å²) in [6.45, 7) is 0. The smallest absolute Gasteiger partial charge is 0.108 e. The second kappa shape index (κ2) is 2.91. The lowest BCUT2D eigenvalue weighted by molar-refractivity contribution is 0.182. The molecule has 0 aliphatic heterocycles. The molecule has 3 N–H and O–H groups in total. The molecular weight excluding hydrogens is 136 g/mol. The molecule has 9 heavy (non-hydrogen) atoms. The number of thiazole rings is 1. The number of nitrogens with two attached hydrogens (primary N) is 1. The monoisotopic (exact) mass is 144 g/mol. The Hall–Kier alpha value is -0.450. The molecule has 50 valence electrons. The summed E-state index contributed by atoms with van der Waals surface area (Å²) in [5, 5.41) is 10.5. The molecule has 0 radical (unpaired) electrons. The van der Waals surface area contributed by atoms with Gasteiger partial charge in [-0.15, -0.1) is 11.3 Å². The summed E-state index contributed by atoms with van der Waals surface area (Å²) in [5.74, 6) is 0. The Kier molecular flexibility index (Phi) is 2.16. The van der Waals surface area contributed by atoms with Crippen LogP contribution in [0.5, 0.6) is 0 Å². The van der Waals surface area contributed by atoms with Gasteiger partial charge >= 0.3 is 0 Å². The Labute approximate surface area is 57.2 Å². The first-order chi connectivity index (χ1) is 4.29. The van der Waals surface area contributed by atoms with Gasteiger partial charge in [0.05, 0.1) is 11.2 Å². The molecular formula is C5H8N2OS. The van der Waals surface area contributed by atoms with Crippen LogP contribution in [0.4, 0.5) is 0 Å². The molecule has 3 nitrogen and oxygen atoms in total. The Balaban J connectivity index is 2.48. The third-order valence-corrected chi connectivity index (χ3v) is 1.54. The van der Waals surface area contributed by atoms with E-state index in [0.717, 1.165) is 5.69 Å². The number of nitrogens with zero attached hydrogens (tertiary/aromatic N) is 1. The number of aromatic nitrogens is 1. The van der Waals surface area contributed by atoms with E-state index in [1.807, 2.05) is 5.38 Å². The molecule has 0 aromatic carbocycles. The van der Waals surface area contributed by atoms with Gasteiger partial charge in [0.25, 0.3) is 0 Å². The van der Waals surface area contributed by atoms with Crippen molar-refractivity contribution in [3.8, 4) is 0 Å². The van der Waals surface area contributed by atoms with Gasteiger partial charge in [0.1, 0.15) is 6.23 Å². The Morgan fingerprint density at radius 1 is 1.89 bits per heavy atom. The first-order valence-electron chi connectivity index (χ1n) is 2.60. The molecule has 1 heterocycles. The molecule has 0 aliphatic carbocycles. The molecule has 0 fully saturated rings. The number of hydrogen-bond acceptors (Lipinski definition) is 4. The number of aliphatic hydroxyl groups is 1. The van der Waals surface area contributed by atoms with E-state index in [1.54, 1.807) is 5.51 Å². The van der Waals surface area contributed by atoms with Gasteiger partial charge in [-0.3, -0.25) is 0 Å². The third-order valence-electron chi connectivity index (χ3n) is 0.902. The van der Waals surface area contributed by atoms with E-state index in [1.165, 1.54) is 11.3 Å². The van der Waals surface area contributed by atoms with Crippen molar-refractivity contribution in [1.29, 1.82) is 0 Å². The van der Waals surface area contributed by atoms with E-state index in [9.17, 15) is 0 Å². The van der Waals surface area contributed by atoms with Crippen LogP contribution in [-0.2, 0) is 6.42 Å². The lowest BCUT2D eigenvalue weighted by atomic mass is 10.3. The zero-order valence-corrected chi connectivity index (χ0v) is 5.64. The Morgan fingerprint density at radius 3 is 3.11 bits per heavy atom. The first-order valence-corrected chi connectivity index (χ1v) is 3.54. The fraction of sp³-hybridized carbons (Fsp3) is 0.400. The fourth-order valence-electron chi connectivity index (χ4n) is 0.553. The molecule has 1 aromatic rings. The average Bonchev–Trinajstić information content (AvgIpc) is 2.15. The Morgan fingerprint density at radius 2 is 2.67 bits per heavy atom. The first kappa shape index (κ1) is 6.67. The number of hydrogen-bond donors (Lipinski definition) is 2. The van der Waals surface area contributed by atoms with Crippen molar-refractivity contribution in [2.24, 2.45) is 5.73 Å². The normalized spacial score (nSPS) is 13.6. The second-order valence-corrected chi connectivity index (χ2v) is 2.47. The number of rotatable bonds is 2. The maximum atomic E-state index is 8.67. The van der Waals surface area contributed by atoms with Crippen molar-refractivity contribution in [3.63, 3.8) is 0 Å². The summed E-state index contributed by atoms with van der Waals surface area (Å²) in [6, 6.07) is 0. The van der Waals surface area contributed by atoms with Gasteiger partial charge in [0.2, 0.25) is 0 Å². The predicted molar refractivity (Wildman–Crippen MR) is 36.0 cm³/mol. The van der Waals surface area contributed by atoms with Crippen LogP contribution in [0.25, 0.3) is 0 Å². The van der Waals surface area contributed by atoms with E-state index in [2.05, 4.69) is 4.98 Å². The summed E-state index contributed by atoms with van der Waals surface area (Å²) >= 11 is 1.50. The molecule has 0 saturated carbocycles. The van der Waals surface area contributed by atoms with E-state index in [4.69, 9.17) is 10.8 Å². The van der Waals surface area contributed by atoms with Crippen molar-refractivity contribution in [3.05, 3.63) is 16.6 Å². The number of aliphatic hydroxyl groups excluding tert-OH is 1. The minimum absolute atomic E-state index is 0.448. The van der Waals surface area contributed by atoms with Crippen LogP contribution in [0.1, 0.15) is 5.69 Å². The molecule has 0 saturated heterocycles. The van der Waals surface area contributed by atoms with Crippen LogP contribution in [0.3, 0.4) is 0 Å². The summed E-state index contributed by atoms with van der Waals surface area (Å²) in [4.78, 5) is 3.93. The zero-order valence-electron chi connectivity index (χ0n) is 4.82. The van der Waals surface area contributed by atoms with Gasteiger partial charge in [-0.2, -0.15) is 0 Å². The van der Waals surface area contributed by atoms with Crippen LogP contribution >= 0.6 is 11.3 Å². The van der Waals surface area contributed by atoms with Crippen LogP contribution in [0.15, 0.2) is 10.9 Å². The van der Waals surface area contributed by atoms with Crippen molar-refractivity contribution in [2.75, 3.05) is 0 Å². The van der Waals surface area contributed by atoms with E-state index >= 15 is 0 Å². The van der Waals surface area contributed by atoms with Crippen molar-refractivity contribution < 1.29 is 5.11 Å². The summed E-state index contributed by atoms with van der Waals surface area (Å²) in [5.41, 5.74) is 7.68. The lowest BCUT2D eigenvalue weighted by Crippen LogP contribution is -2.21. The van der Waals surface area contributed by atoms with Gasteiger partial charge < -0.3 is 10.8 Å². The molecule has 0 aliphatic rings. The lowest BCUT2D eigenvalue weighted by Gasteiger charge is -1.97. The molecule has 0 spiro atoms. The molecule has 0 bridgehead atoms. The van der Waals surface area contributed by atoms with Crippen LogP contribution in [0.2, 0.25) is 0 Å². The van der Waals surface area contributed by atoms with E-state index in [-0.39, 0.29) is 0 Å². The summed E-state index contributed by atoms with van der Waals surface area (Å²) in [7, 11) is 0. The molecule has 1 rings (SSSR count). The highest BCUT2D eigenvalue weighted by molar-refractivity contribution is 7.07. The SMILES string of the molecule is NC(O)Cc1cscn1. The molecule has 0 amide bonds. The minimum atomic E-state index is -0.771. The largest absolute Gasteiger partial charge is 0.378 e. The van der Waals surface area contributed by atoms with Gasteiger partial charge in [0.15, 0.2) is 0 Å². The second-order valence-electron chi connectivity index (χ2n) is 1.75. The maximum absolute atomic E-state index is 8.67. The summed E-state index contributed by atoms with van der Waals surface area (Å²) in [6.07, 6.45) is -0.323. The third kappa shape index (κ3) is 2.09. The molecule has 1 atom stereocenters. The highest BCUT2D eigenvalue weighted by Crippen LogP contribution is 2.01. The zero-order chi connectivity index (χ0) is 6.69. The molecule has 1 unspecified atom stereocenters. The van der Waals surface area contributed by atoms with Gasteiger partial charge in [-0.25, -0.2) is 4.98 Å². The maximum Gasteiger partial charge on any atom is 0.108 e.